The van der Waals surface area contributed by atoms with Gasteiger partial charge >= 0.3 is 0 Å². The highest BCUT2D eigenvalue weighted by Crippen LogP contribution is 2.61. The van der Waals surface area contributed by atoms with Gasteiger partial charge in [-0.15, -0.1) is 0 Å². The zero-order valence-corrected chi connectivity index (χ0v) is 33.8. The number of rotatable bonds is 5. The van der Waals surface area contributed by atoms with E-state index < -0.39 is 5.41 Å². The maximum absolute atomic E-state index is 7.17. The second-order valence-electron chi connectivity index (χ2n) is 16.6. The smallest absolute Gasteiger partial charge is 0.144 e. The monoisotopic (exact) mass is 786 g/mol. The van der Waals surface area contributed by atoms with Gasteiger partial charge in [-0.05, 0) is 106 Å². The molecule has 0 unspecified atom stereocenters. The van der Waals surface area contributed by atoms with Gasteiger partial charge < -0.3 is 4.42 Å². The molecule has 11 aromatic carbocycles. The van der Waals surface area contributed by atoms with E-state index in [1.54, 1.807) is 0 Å². The van der Waals surface area contributed by atoms with Gasteiger partial charge in [0.2, 0.25) is 0 Å². The molecule has 1 aliphatic rings. The summed E-state index contributed by atoms with van der Waals surface area (Å²) in [4.78, 5) is 0. The lowest BCUT2D eigenvalue weighted by Crippen LogP contribution is -2.28. The van der Waals surface area contributed by atoms with Crippen LogP contribution in [0.3, 0.4) is 0 Å². The summed E-state index contributed by atoms with van der Waals surface area (Å²) in [6.07, 6.45) is 0. The molecule has 62 heavy (non-hydrogen) atoms. The maximum Gasteiger partial charge on any atom is 0.144 e. The molecule has 1 heterocycles. The van der Waals surface area contributed by atoms with E-state index in [9.17, 15) is 0 Å². The van der Waals surface area contributed by atoms with Crippen molar-refractivity contribution in [2.75, 3.05) is 0 Å². The third kappa shape index (κ3) is 4.85. The molecule has 1 aromatic heterocycles. The first-order valence-corrected chi connectivity index (χ1v) is 21.5. The van der Waals surface area contributed by atoms with Crippen molar-refractivity contribution in [1.82, 2.24) is 0 Å². The molecule has 0 N–H and O–H groups in total. The molecule has 13 rings (SSSR count). The van der Waals surface area contributed by atoms with Crippen molar-refractivity contribution >= 4 is 54.3 Å². The van der Waals surface area contributed by atoms with Gasteiger partial charge in [0.1, 0.15) is 11.2 Å². The van der Waals surface area contributed by atoms with E-state index >= 15 is 0 Å². The molecule has 0 atom stereocenters. The molecular weight excluding hydrogens is 749 g/mol. The first-order valence-electron chi connectivity index (χ1n) is 21.5. The van der Waals surface area contributed by atoms with E-state index in [2.05, 4.69) is 231 Å². The van der Waals surface area contributed by atoms with Crippen LogP contribution in [0.15, 0.2) is 235 Å². The van der Waals surface area contributed by atoms with Crippen LogP contribution in [0.4, 0.5) is 0 Å². The molecule has 0 saturated heterocycles. The molecule has 1 aliphatic carbocycles. The minimum atomic E-state index is -0.600. The zero-order chi connectivity index (χ0) is 40.8. The third-order valence-corrected chi connectivity index (χ3v) is 13.5. The van der Waals surface area contributed by atoms with Crippen molar-refractivity contribution in [3.63, 3.8) is 0 Å². The Bertz CT molecular complexity index is 3610. The van der Waals surface area contributed by atoms with Crippen molar-refractivity contribution in [3.8, 4) is 44.5 Å². The molecule has 0 fully saturated rings. The standard InChI is InChI=1S/C61H38O/c1-4-19-41(20-5-1)55-46-26-12-14-28-48(46)56(49-29-15-13-27-47(49)55)42-34-32-40(33-35-42)51-38-53-59(60-57(51)50-30-16-17-31-54(50)62-60)58-45-25-11-10-18-39(45)36-37-52(58)61(53,43-21-6-2-7-22-43)44-23-8-3-9-24-44/h1-38H. The minimum Gasteiger partial charge on any atom is -0.455 e. The lowest BCUT2D eigenvalue weighted by Gasteiger charge is -2.34. The molecule has 288 valence electrons. The van der Waals surface area contributed by atoms with E-state index in [0.717, 1.165) is 33.1 Å². The highest BCUT2D eigenvalue weighted by molar-refractivity contribution is 6.23. The predicted molar refractivity (Wildman–Crippen MR) is 260 cm³/mol. The normalized spacial score (nSPS) is 13.0. The van der Waals surface area contributed by atoms with Crippen LogP contribution in [0.1, 0.15) is 22.3 Å². The van der Waals surface area contributed by atoms with Crippen LogP contribution < -0.4 is 0 Å². The van der Waals surface area contributed by atoms with Gasteiger partial charge in [0, 0.05) is 16.3 Å². The van der Waals surface area contributed by atoms with Crippen molar-refractivity contribution in [2.45, 2.75) is 5.41 Å². The topological polar surface area (TPSA) is 13.1 Å². The first-order chi connectivity index (χ1) is 30.8. The summed E-state index contributed by atoms with van der Waals surface area (Å²) in [5, 5.41) is 9.73. The summed E-state index contributed by atoms with van der Waals surface area (Å²) in [6, 6.07) is 84.6. The van der Waals surface area contributed by atoms with E-state index in [4.69, 9.17) is 4.42 Å². The van der Waals surface area contributed by atoms with Gasteiger partial charge in [-0.25, -0.2) is 0 Å². The van der Waals surface area contributed by atoms with Crippen LogP contribution >= 0.6 is 0 Å². The van der Waals surface area contributed by atoms with Gasteiger partial charge in [-0.3, -0.25) is 0 Å². The van der Waals surface area contributed by atoms with Crippen molar-refractivity contribution < 1.29 is 4.42 Å². The van der Waals surface area contributed by atoms with Crippen molar-refractivity contribution in [2.24, 2.45) is 0 Å². The molecule has 1 heteroatoms. The van der Waals surface area contributed by atoms with Crippen LogP contribution in [0.2, 0.25) is 0 Å². The molecule has 0 saturated carbocycles. The Balaban J connectivity index is 1.11. The number of fused-ring (bicyclic) bond motifs is 11. The molecule has 0 spiro atoms. The predicted octanol–water partition coefficient (Wildman–Crippen LogP) is 16.4. The number of furan rings is 1. The van der Waals surface area contributed by atoms with Crippen molar-refractivity contribution in [3.05, 3.63) is 253 Å². The number of hydrogen-bond acceptors (Lipinski definition) is 1. The minimum absolute atomic E-state index is 0.600. The summed E-state index contributed by atoms with van der Waals surface area (Å²) in [6.45, 7) is 0. The molecular formula is C61H38O. The van der Waals surface area contributed by atoms with E-state index in [-0.39, 0.29) is 0 Å². The van der Waals surface area contributed by atoms with E-state index in [1.807, 2.05) is 0 Å². The number of para-hydroxylation sites is 1. The first kappa shape index (κ1) is 34.8. The average Bonchev–Trinajstić information content (AvgIpc) is 3.88. The quantitative estimate of drug-likeness (QED) is 0.158. The SMILES string of the molecule is c1ccc(-c2c3ccccc3c(-c3ccc(-c4cc5c(c6oc7ccccc7c46)-c4c(ccc6ccccc46)C5(c4ccccc4)c4ccccc4)cc3)c3ccccc23)cc1. The average molecular weight is 787 g/mol. The largest absolute Gasteiger partial charge is 0.455 e. The van der Waals surface area contributed by atoms with Crippen LogP contribution in [0.25, 0.3) is 98.8 Å². The fourth-order valence-corrected chi connectivity index (χ4v) is 11.0. The van der Waals surface area contributed by atoms with E-state index in [1.165, 1.54) is 88.0 Å². The Morgan fingerprint density at radius 3 is 1.37 bits per heavy atom. The maximum atomic E-state index is 7.17. The summed E-state index contributed by atoms with van der Waals surface area (Å²) >= 11 is 0. The van der Waals surface area contributed by atoms with Crippen LogP contribution in [-0.2, 0) is 5.41 Å². The van der Waals surface area contributed by atoms with Crippen LogP contribution in [-0.4, -0.2) is 0 Å². The fraction of sp³-hybridized carbons (Fsp3) is 0.0164. The number of benzene rings is 11. The molecule has 1 nitrogen and oxygen atoms in total. The Morgan fingerprint density at radius 2 is 0.774 bits per heavy atom. The zero-order valence-electron chi connectivity index (χ0n) is 33.8. The summed E-state index contributed by atoms with van der Waals surface area (Å²) in [7, 11) is 0. The van der Waals surface area contributed by atoms with Gasteiger partial charge in [-0.1, -0.05) is 218 Å². The second-order valence-corrected chi connectivity index (χ2v) is 16.6. The lowest BCUT2D eigenvalue weighted by atomic mass is 9.67. The Hall–Kier alpha value is -8.00. The summed E-state index contributed by atoms with van der Waals surface area (Å²) in [5.74, 6) is 0. The summed E-state index contributed by atoms with van der Waals surface area (Å²) in [5.41, 5.74) is 15.9. The molecule has 0 radical (unpaired) electrons. The second kappa shape index (κ2) is 13.5. The van der Waals surface area contributed by atoms with Crippen LogP contribution in [0.5, 0.6) is 0 Å². The fourth-order valence-electron chi connectivity index (χ4n) is 11.0. The number of hydrogen-bond donors (Lipinski definition) is 0. The van der Waals surface area contributed by atoms with Gasteiger partial charge in [-0.2, -0.15) is 0 Å². The molecule has 0 aliphatic heterocycles. The highest BCUT2D eigenvalue weighted by Gasteiger charge is 2.48. The Morgan fingerprint density at radius 1 is 0.306 bits per heavy atom. The van der Waals surface area contributed by atoms with Gasteiger partial charge in [0.25, 0.3) is 0 Å². The lowest BCUT2D eigenvalue weighted by molar-refractivity contribution is 0.669. The van der Waals surface area contributed by atoms with Gasteiger partial charge in [0.05, 0.1) is 5.41 Å². The van der Waals surface area contributed by atoms with Crippen LogP contribution in [0, 0.1) is 0 Å². The third-order valence-electron chi connectivity index (χ3n) is 13.5. The molecule has 0 amide bonds. The van der Waals surface area contributed by atoms with Crippen molar-refractivity contribution in [1.29, 1.82) is 0 Å². The molecule has 12 aromatic rings. The van der Waals surface area contributed by atoms with E-state index in [0.29, 0.717) is 0 Å². The van der Waals surface area contributed by atoms with Gasteiger partial charge in [0.15, 0.2) is 0 Å². The highest BCUT2D eigenvalue weighted by atomic mass is 16.3. The Labute approximate surface area is 359 Å². The Kier molecular flexibility index (Phi) is 7.59. The summed E-state index contributed by atoms with van der Waals surface area (Å²) < 4.78 is 7.17. The molecule has 0 bridgehead atoms.